The quantitative estimate of drug-likeness (QED) is 0.450. The van der Waals surface area contributed by atoms with Gasteiger partial charge in [0.15, 0.2) is 23.8 Å². The van der Waals surface area contributed by atoms with Crippen molar-refractivity contribution in [2.45, 2.75) is 31.5 Å². The van der Waals surface area contributed by atoms with E-state index in [4.69, 9.17) is 19.9 Å². The number of imidazole rings is 1. The van der Waals surface area contributed by atoms with Crippen LogP contribution in [0.5, 0.6) is 0 Å². The number of fused-ring (bicyclic) bond motifs is 1. The first-order chi connectivity index (χ1) is 18.3. The fourth-order valence-electron chi connectivity index (χ4n) is 4.23. The second-order valence-electron chi connectivity index (χ2n) is 8.89. The maximum atomic E-state index is 12.8. The summed E-state index contributed by atoms with van der Waals surface area (Å²) in [5, 5.41) is 0. The molecular weight excluding hydrogens is 490 g/mol. The molecule has 0 unspecified atom stereocenters. The summed E-state index contributed by atoms with van der Waals surface area (Å²) in [7, 11) is 6.50. The zero-order valence-corrected chi connectivity index (χ0v) is 22.0. The van der Waals surface area contributed by atoms with Gasteiger partial charge in [-0.1, -0.05) is 24.1 Å². The van der Waals surface area contributed by atoms with Crippen LogP contribution in [0.15, 0.2) is 36.7 Å². The molecular formula is C26H31N7O5. The number of hydrogen-bond donors (Lipinski definition) is 1. The van der Waals surface area contributed by atoms with E-state index in [-0.39, 0.29) is 30.0 Å². The molecule has 4 atom stereocenters. The normalized spacial score (nSPS) is 20.7. The van der Waals surface area contributed by atoms with Crippen LogP contribution < -0.4 is 5.73 Å². The predicted octanol–water partition coefficient (Wildman–Crippen LogP) is 0.938. The Morgan fingerprint density at radius 2 is 1.89 bits per heavy atom. The molecule has 1 aromatic carbocycles. The number of ether oxygens (including phenoxy) is 3. The van der Waals surface area contributed by atoms with E-state index in [9.17, 15) is 9.59 Å². The predicted molar refractivity (Wildman–Crippen MR) is 139 cm³/mol. The molecule has 1 aliphatic rings. The van der Waals surface area contributed by atoms with Gasteiger partial charge >= 0.3 is 0 Å². The second kappa shape index (κ2) is 11.6. The Bertz CT molecular complexity index is 1360. The minimum atomic E-state index is -0.881. The van der Waals surface area contributed by atoms with E-state index in [1.165, 1.54) is 23.2 Å². The zero-order chi connectivity index (χ0) is 27.4. The number of aromatic nitrogens is 4. The molecule has 200 valence electrons. The summed E-state index contributed by atoms with van der Waals surface area (Å²) in [5.74, 6) is 5.70. The van der Waals surface area contributed by atoms with Gasteiger partial charge in [0.1, 0.15) is 17.7 Å². The Hall–Kier alpha value is -4.05. The number of hydrogen-bond acceptors (Lipinski definition) is 9. The molecule has 0 saturated carbocycles. The number of amides is 2. The van der Waals surface area contributed by atoms with Crippen molar-refractivity contribution in [3.05, 3.63) is 48.0 Å². The smallest absolute Gasteiger partial charge is 0.254 e. The summed E-state index contributed by atoms with van der Waals surface area (Å²) in [6, 6.07) is 8.95. The van der Waals surface area contributed by atoms with E-state index in [2.05, 4.69) is 26.8 Å². The van der Waals surface area contributed by atoms with Gasteiger partial charge < -0.3 is 29.7 Å². The SMILES string of the molecule is CCO[C@H]1[C@@H](OC)[C@H](n2cnc3c(N)nc(C#CCN(C)C(=O)c4ccccc4)nc32)O[C@@H]1C(=O)N(C)C. The lowest BCUT2D eigenvalue weighted by atomic mass is 10.1. The van der Waals surface area contributed by atoms with Crippen molar-refractivity contribution >= 4 is 28.8 Å². The standard InChI is InChI=1S/C26H31N7O5/c1-6-37-19-20(25(35)31(2)3)38-26(21(19)36-5)33-15-28-18-22(27)29-17(30-23(18)33)13-10-14-32(4)24(34)16-11-8-7-9-12-16/h7-9,11-12,15,19-21,26H,6,14H2,1-5H3,(H2,27,29,30)/t19-,20+,21-,26-/m1/s1. The van der Waals surface area contributed by atoms with E-state index in [0.717, 1.165) is 0 Å². The fraction of sp³-hybridized carbons (Fsp3) is 0.423. The van der Waals surface area contributed by atoms with Crippen LogP contribution in [0.2, 0.25) is 0 Å². The van der Waals surface area contributed by atoms with Crippen molar-refractivity contribution in [2.24, 2.45) is 0 Å². The number of rotatable bonds is 7. The highest BCUT2D eigenvalue weighted by Gasteiger charge is 2.50. The minimum absolute atomic E-state index is 0.140. The molecule has 38 heavy (non-hydrogen) atoms. The molecule has 2 amide bonds. The van der Waals surface area contributed by atoms with E-state index in [1.807, 2.05) is 13.0 Å². The molecule has 2 N–H and O–H groups in total. The first-order valence-corrected chi connectivity index (χ1v) is 12.1. The number of nitrogen functional groups attached to an aromatic ring is 1. The van der Waals surface area contributed by atoms with Gasteiger partial charge in [-0.2, -0.15) is 0 Å². The topological polar surface area (TPSA) is 138 Å². The Morgan fingerprint density at radius 3 is 2.55 bits per heavy atom. The lowest BCUT2D eigenvalue weighted by molar-refractivity contribution is -0.147. The molecule has 3 aromatic rings. The third-order valence-corrected chi connectivity index (χ3v) is 6.11. The molecule has 12 nitrogen and oxygen atoms in total. The monoisotopic (exact) mass is 521 g/mol. The largest absolute Gasteiger partial charge is 0.382 e. The van der Waals surface area contributed by atoms with Crippen LogP contribution in [0.1, 0.15) is 29.3 Å². The molecule has 0 bridgehead atoms. The highest BCUT2D eigenvalue weighted by molar-refractivity contribution is 5.94. The summed E-state index contributed by atoms with van der Waals surface area (Å²) >= 11 is 0. The first kappa shape index (κ1) is 27.0. The van der Waals surface area contributed by atoms with E-state index < -0.39 is 24.5 Å². The van der Waals surface area contributed by atoms with Gasteiger partial charge in [0.25, 0.3) is 11.8 Å². The second-order valence-corrected chi connectivity index (χ2v) is 8.89. The Balaban J connectivity index is 1.62. The lowest BCUT2D eigenvalue weighted by Gasteiger charge is -2.23. The maximum Gasteiger partial charge on any atom is 0.254 e. The highest BCUT2D eigenvalue weighted by atomic mass is 16.6. The molecule has 2 aromatic heterocycles. The molecule has 3 heterocycles. The van der Waals surface area contributed by atoms with Gasteiger partial charge in [0.2, 0.25) is 5.82 Å². The van der Waals surface area contributed by atoms with Crippen molar-refractivity contribution in [3.8, 4) is 11.8 Å². The van der Waals surface area contributed by atoms with Crippen molar-refractivity contribution in [1.82, 2.24) is 29.3 Å². The van der Waals surface area contributed by atoms with Gasteiger partial charge in [0.05, 0.1) is 12.9 Å². The maximum absolute atomic E-state index is 12.8. The average Bonchev–Trinajstić information content (AvgIpc) is 3.49. The number of benzene rings is 1. The van der Waals surface area contributed by atoms with Gasteiger partial charge in [-0.15, -0.1) is 0 Å². The number of carbonyl (C=O) groups excluding carboxylic acids is 2. The van der Waals surface area contributed by atoms with Crippen molar-refractivity contribution < 1.29 is 23.8 Å². The lowest BCUT2D eigenvalue weighted by Crippen LogP contribution is -2.44. The number of nitrogens with zero attached hydrogens (tertiary/aromatic N) is 6. The Kier molecular flexibility index (Phi) is 8.21. The summed E-state index contributed by atoms with van der Waals surface area (Å²) in [6.07, 6.45) is -1.39. The number of anilines is 1. The van der Waals surface area contributed by atoms with E-state index in [0.29, 0.717) is 23.3 Å². The van der Waals surface area contributed by atoms with Crippen LogP contribution in [0, 0.1) is 11.8 Å². The van der Waals surface area contributed by atoms with Crippen molar-refractivity contribution in [1.29, 1.82) is 0 Å². The number of methoxy groups -OCH3 is 1. The van der Waals surface area contributed by atoms with E-state index >= 15 is 0 Å². The minimum Gasteiger partial charge on any atom is -0.382 e. The molecule has 1 fully saturated rings. The van der Waals surface area contributed by atoms with Crippen LogP contribution in [0.3, 0.4) is 0 Å². The third-order valence-electron chi connectivity index (χ3n) is 6.11. The van der Waals surface area contributed by atoms with Gasteiger partial charge in [-0.05, 0) is 25.0 Å². The zero-order valence-electron chi connectivity index (χ0n) is 22.0. The summed E-state index contributed by atoms with van der Waals surface area (Å²) < 4.78 is 19.4. The van der Waals surface area contributed by atoms with E-state index in [1.54, 1.807) is 50.0 Å². The van der Waals surface area contributed by atoms with Crippen LogP contribution in [-0.4, -0.2) is 101 Å². The molecule has 12 heteroatoms. The molecule has 0 radical (unpaired) electrons. The summed E-state index contributed by atoms with van der Waals surface area (Å²) in [4.78, 5) is 41.5. The third kappa shape index (κ3) is 5.31. The first-order valence-electron chi connectivity index (χ1n) is 12.1. The summed E-state index contributed by atoms with van der Waals surface area (Å²) in [6.45, 7) is 2.38. The van der Waals surface area contributed by atoms with Crippen LogP contribution in [-0.2, 0) is 19.0 Å². The van der Waals surface area contributed by atoms with Gasteiger partial charge in [-0.25, -0.2) is 15.0 Å². The molecule has 0 aliphatic carbocycles. The molecule has 1 aliphatic heterocycles. The number of likely N-dealkylation sites (N-methyl/N-ethyl adjacent to an activating group) is 1. The van der Waals surface area contributed by atoms with Gasteiger partial charge in [0, 0.05) is 40.4 Å². The molecule has 0 spiro atoms. The van der Waals surface area contributed by atoms with Crippen LogP contribution >= 0.6 is 0 Å². The van der Waals surface area contributed by atoms with Crippen LogP contribution in [0.4, 0.5) is 5.82 Å². The highest BCUT2D eigenvalue weighted by Crippen LogP contribution is 2.36. The summed E-state index contributed by atoms with van der Waals surface area (Å²) in [5.41, 5.74) is 7.47. The Labute approximate surface area is 220 Å². The number of nitrogens with two attached hydrogens (primary N) is 1. The average molecular weight is 522 g/mol. The van der Waals surface area contributed by atoms with Crippen LogP contribution in [0.25, 0.3) is 11.2 Å². The Morgan fingerprint density at radius 1 is 1.16 bits per heavy atom. The number of carbonyl (C=O) groups is 2. The fourth-order valence-corrected chi connectivity index (χ4v) is 4.23. The van der Waals surface area contributed by atoms with Crippen molar-refractivity contribution in [3.63, 3.8) is 0 Å². The van der Waals surface area contributed by atoms with Crippen molar-refractivity contribution in [2.75, 3.05) is 47.1 Å². The molecule has 4 rings (SSSR count). The molecule has 1 saturated heterocycles. The van der Waals surface area contributed by atoms with Gasteiger partial charge in [-0.3, -0.25) is 14.2 Å².